The molecule has 0 radical (unpaired) electrons. The highest BCUT2D eigenvalue weighted by Gasteiger charge is 2.24. The van der Waals surface area contributed by atoms with Crippen LogP contribution in [0.2, 0.25) is 0 Å². The molecule has 150 valence electrons. The standard InChI is InChI=1S/C20H32N4O3/c1-15(2)23(3)14-17-8-6-5-7-16(17)13-21-19(25)22-18-9-11-24(12-10-18)20(26)27-4/h5-8,15,18H,9-14H2,1-4H3,(H2,21,22,25). The van der Waals surface area contributed by atoms with Gasteiger partial charge in [-0.05, 0) is 44.9 Å². The number of amides is 3. The Balaban J connectivity index is 1.80. The van der Waals surface area contributed by atoms with E-state index in [-0.39, 0.29) is 18.2 Å². The molecular formula is C20H32N4O3. The van der Waals surface area contributed by atoms with Crippen LogP contribution in [0.25, 0.3) is 0 Å². The zero-order chi connectivity index (χ0) is 19.8. The predicted octanol–water partition coefficient (Wildman–Crippen LogP) is 2.56. The van der Waals surface area contributed by atoms with Crippen molar-refractivity contribution in [3.05, 3.63) is 35.4 Å². The summed E-state index contributed by atoms with van der Waals surface area (Å²) < 4.78 is 4.73. The summed E-state index contributed by atoms with van der Waals surface area (Å²) in [4.78, 5) is 27.7. The number of rotatable bonds is 6. The molecule has 2 N–H and O–H groups in total. The molecule has 2 rings (SSSR count). The fraction of sp³-hybridized carbons (Fsp3) is 0.600. The molecule has 1 saturated heterocycles. The fourth-order valence-corrected chi connectivity index (χ4v) is 3.08. The smallest absolute Gasteiger partial charge is 0.409 e. The van der Waals surface area contributed by atoms with E-state index in [1.165, 1.54) is 12.7 Å². The van der Waals surface area contributed by atoms with Crippen LogP contribution in [-0.2, 0) is 17.8 Å². The van der Waals surface area contributed by atoms with E-state index in [0.717, 1.165) is 24.9 Å². The highest BCUT2D eigenvalue weighted by atomic mass is 16.5. The Kier molecular flexibility index (Phi) is 7.91. The maximum Gasteiger partial charge on any atom is 0.409 e. The Bertz CT molecular complexity index is 627. The van der Waals surface area contributed by atoms with Crippen molar-refractivity contribution in [2.24, 2.45) is 0 Å². The number of urea groups is 1. The number of hydrogen-bond donors (Lipinski definition) is 2. The van der Waals surface area contributed by atoms with Crippen molar-refractivity contribution < 1.29 is 14.3 Å². The van der Waals surface area contributed by atoms with E-state index in [9.17, 15) is 9.59 Å². The van der Waals surface area contributed by atoms with E-state index in [0.29, 0.717) is 25.7 Å². The van der Waals surface area contributed by atoms with E-state index >= 15 is 0 Å². The Morgan fingerprint density at radius 1 is 1.22 bits per heavy atom. The van der Waals surface area contributed by atoms with Gasteiger partial charge >= 0.3 is 12.1 Å². The first-order valence-corrected chi connectivity index (χ1v) is 9.55. The van der Waals surface area contributed by atoms with Gasteiger partial charge in [-0.25, -0.2) is 9.59 Å². The molecule has 0 atom stereocenters. The Hall–Kier alpha value is -2.28. The van der Waals surface area contributed by atoms with E-state index in [1.807, 2.05) is 12.1 Å². The summed E-state index contributed by atoms with van der Waals surface area (Å²) in [5.74, 6) is 0. The van der Waals surface area contributed by atoms with Crippen LogP contribution in [0.15, 0.2) is 24.3 Å². The molecule has 1 fully saturated rings. The molecular weight excluding hydrogens is 344 g/mol. The molecule has 1 aromatic rings. The number of hydrogen-bond acceptors (Lipinski definition) is 4. The molecule has 0 saturated carbocycles. The molecule has 0 spiro atoms. The lowest BCUT2D eigenvalue weighted by Gasteiger charge is -2.31. The lowest BCUT2D eigenvalue weighted by Crippen LogP contribution is -2.49. The normalized spacial score (nSPS) is 15.1. The second-order valence-corrected chi connectivity index (χ2v) is 7.34. The van der Waals surface area contributed by atoms with E-state index < -0.39 is 0 Å². The molecule has 0 bridgehead atoms. The number of nitrogens with one attached hydrogen (secondary N) is 2. The quantitative estimate of drug-likeness (QED) is 0.800. The first-order chi connectivity index (χ1) is 12.9. The number of benzene rings is 1. The molecule has 7 heteroatoms. The van der Waals surface area contributed by atoms with Gasteiger partial charge in [-0.2, -0.15) is 0 Å². The SMILES string of the molecule is COC(=O)N1CCC(NC(=O)NCc2ccccc2CN(C)C(C)C)CC1. The van der Waals surface area contributed by atoms with Crippen LogP contribution < -0.4 is 10.6 Å². The van der Waals surface area contributed by atoms with Crippen molar-refractivity contribution in [1.29, 1.82) is 0 Å². The average Bonchev–Trinajstić information content (AvgIpc) is 2.67. The molecule has 0 aliphatic carbocycles. The third-order valence-corrected chi connectivity index (χ3v) is 5.12. The minimum Gasteiger partial charge on any atom is -0.453 e. The first-order valence-electron chi connectivity index (χ1n) is 9.55. The van der Waals surface area contributed by atoms with Gasteiger partial charge in [0.05, 0.1) is 7.11 Å². The molecule has 7 nitrogen and oxygen atoms in total. The van der Waals surface area contributed by atoms with Gasteiger partial charge in [0.15, 0.2) is 0 Å². The van der Waals surface area contributed by atoms with Crippen LogP contribution in [-0.4, -0.2) is 61.3 Å². The lowest BCUT2D eigenvalue weighted by atomic mass is 10.1. The van der Waals surface area contributed by atoms with Crippen molar-refractivity contribution in [2.45, 2.75) is 51.9 Å². The van der Waals surface area contributed by atoms with Crippen LogP contribution in [0.1, 0.15) is 37.8 Å². The summed E-state index contributed by atoms with van der Waals surface area (Å²) in [6.07, 6.45) is 1.16. The van der Waals surface area contributed by atoms with Crippen molar-refractivity contribution in [2.75, 3.05) is 27.2 Å². The largest absolute Gasteiger partial charge is 0.453 e. The van der Waals surface area contributed by atoms with E-state index in [4.69, 9.17) is 4.74 Å². The van der Waals surface area contributed by atoms with E-state index in [2.05, 4.69) is 48.6 Å². The van der Waals surface area contributed by atoms with Gasteiger partial charge in [0.2, 0.25) is 0 Å². The van der Waals surface area contributed by atoms with Gasteiger partial charge in [-0.15, -0.1) is 0 Å². The van der Waals surface area contributed by atoms with Gasteiger partial charge in [0.1, 0.15) is 0 Å². The molecule has 0 aromatic heterocycles. The number of methoxy groups -OCH3 is 1. The van der Waals surface area contributed by atoms with Crippen molar-refractivity contribution in [3.8, 4) is 0 Å². The summed E-state index contributed by atoms with van der Waals surface area (Å²) in [5.41, 5.74) is 2.35. The lowest BCUT2D eigenvalue weighted by molar-refractivity contribution is 0.110. The van der Waals surface area contributed by atoms with Gasteiger partial charge in [0, 0.05) is 38.3 Å². The minimum atomic E-state index is -0.305. The van der Waals surface area contributed by atoms with Crippen LogP contribution in [0.3, 0.4) is 0 Å². The van der Waals surface area contributed by atoms with Crippen molar-refractivity contribution in [3.63, 3.8) is 0 Å². The molecule has 0 unspecified atom stereocenters. The molecule has 1 aliphatic rings. The van der Waals surface area contributed by atoms with Gasteiger partial charge in [-0.3, -0.25) is 4.90 Å². The monoisotopic (exact) mass is 376 g/mol. The summed E-state index contributed by atoms with van der Waals surface area (Å²) in [5, 5.41) is 5.97. The summed E-state index contributed by atoms with van der Waals surface area (Å²) in [7, 11) is 3.49. The zero-order valence-corrected chi connectivity index (χ0v) is 16.8. The van der Waals surface area contributed by atoms with Crippen LogP contribution in [0.4, 0.5) is 9.59 Å². The van der Waals surface area contributed by atoms with Crippen LogP contribution in [0.5, 0.6) is 0 Å². The van der Waals surface area contributed by atoms with Crippen molar-refractivity contribution >= 4 is 12.1 Å². The number of carbonyl (C=O) groups excluding carboxylic acids is 2. The fourth-order valence-electron chi connectivity index (χ4n) is 3.08. The Morgan fingerprint density at radius 2 is 1.85 bits per heavy atom. The summed E-state index contributed by atoms with van der Waals surface area (Å²) in [6, 6.07) is 8.56. The highest BCUT2D eigenvalue weighted by molar-refractivity contribution is 5.74. The minimum absolute atomic E-state index is 0.0771. The third kappa shape index (κ3) is 6.43. The predicted molar refractivity (Wildman–Crippen MR) is 105 cm³/mol. The average molecular weight is 377 g/mol. The number of likely N-dealkylation sites (tertiary alicyclic amines) is 1. The zero-order valence-electron chi connectivity index (χ0n) is 16.8. The molecule has 1 aliphatic heterocycles. The molecule has 27 heavy (non-hydrogen) atoms. The molecule has 1 heterocycles. The second-order valence-electron chi connectivity index (χ2n) is 7.34. The van der Waals surface area contributed by atoms with Crippen molar-refractivity contribution in [1.82, 2.24) is 20.4 Å². The number of ether oxygens (including phenoxy) is 1. The third-order valence-electron chi connectivity index (χ3n) is 5.12. The molecule has 1 aromatic carbocycles. The topological polar surface area (TPSA) is 73.9 Å². The Labute approximate surface area is 162 Å². The van der Waals surface area contributed by atoms with Crippen LogP contribution in [0, 0.1) is 0 Å². The number of carbonyl (C=O) groups is 2. The molecule has 3 amide bonds. The number of piperidine rings is 1. The Morgan fingerprint density at radius 3 is 2.44 bits per heavy atom. The maximum atomic E-state index is 12.3. The summed E-state index contributed by atoms with van der Waals surface area (Å²) >= 11 is 0. The first kappa shape index (κ1) is 21.0. The number of nitrogens with zero attached hydrogens (tertiary/aromatic N) is 2. The van der Waals surface area contributed by atoms with Gasteiger partial charge in [-0.1, -0.05) is 24.3 Å². The second kappa shape index (κ2) is 10.2. The maximum absolute atomic E-state index is 12.3. The summed E-state index contributed by atoms with van der Waals surface area (Å²) in [6.45, 7) is 6.88. The van der Waals surface area contributed by atoms with Gasteiger partial charge in [0.25, 0.3) is 0 Å². The van der Waals surface area contributed by atoms with Crippen LogP contribution >= 0.6 is 0 Å². The highest BCUT2D eigenvalue weighted by Crippen LogP contribution is 2.13. The van der Waals surface area contributed by atoms with E-state index in [1.54, 1.807) is 4.90 Å². The van der Waals surface area contributed by atoms with Gasteiger partial charge < -0.3 is 20.3 Å².